The molecular formula is C20H28ClN3O4. The van der Waals surface area contributed by atoms with E-state index >= 15 is 0 Å². The number of likely N-dealkylation sites (tertiary alicyclic amines) is 1. The molecule has 1 N–H and O–H groups in total. The van der Waals surface area contributed by atoms with Crippen molar-refractivity contribution in [1.29, 1.82) is 0 Å². The van der Waals surface area contributed by atoms with Crippen LogP contribution in [-0.2, 0) is 9.59 Å². The molecule has 1 aromatic carbocycles. The van der Waals surface area contributed by atoms with E-state index < -0.39 is 0 Å². The first-order valence-corrected chi connectivity index (χ1v) is 9.65. The lowest BCUT2D eigenvalue weighted by atomic mass is 10.0. The number of nitrogens with one attached hydrogen (secondary N) is 1. The number of benzene rings is 1. The summed E-state index contributed by atoms with van der Waals surface area (Å²) in [5, 5.41) is 3.60. The lowest BCUT2D eigenvalue weighted by Crippen LogP contribution is -2.42. The first kappa shape index (κ1) is 20.7. The molecule has 3 saturated heterocycles. The Morgan fingerprint density at radius 3 is 2.39 bits per heavy atom. The van der Waals surface area contributed by atoms with Crippen LogP contribution in [0.25, 0.3) is 0 Å². The van der Waals surface area contributed by atoms with E-state index in [0.29, 0.717) is 35.8 Å². The Bertz CT molecular complexity index is 722. The van der Waals surface area contributed by atoms with Gasteiger partial charge in [-0.3, -0.25) is 9.59 Å². The van der Waals surface area contributed by atoms with E-state index in [1.807, 2.05) is 17.0 Å². The second-order valence-electron chi connectivity index (χ2n) is 7.69. The maximum Gasteiger partial charge on any atom is 0.228 e. The summed E-state index contributed by atoms with van der Waals surface area (Å²) in [5.74, 6) is 1.04. The van der Waals surface area contributed by atoms with Crippen molar-refractivity contribution in [2.24, 2.45) is 5.92 Å². The average Bonchev–Trinajstić information content (AvgIpc) is 3.22. The highest BCUT2D eigenvalue weighted by molar-refractivity contribution is 6.00. The van der Waals surface area contributed by atoms with Crippen molar-refractivity contribution in [2.75, 3.05) is 38.8 Å². The average molecular weight is 410 g/mol. The molecule has 0 saturated carbocycles. The molecule has 8 heteroatoms. The Labute approximate surface area is 171 Å². The molecule has 4 rings (SSSR count). The monoisotopic (exact) mass is 409 g/mol. The van der Waals surface area contributed by atoms with E-state index in [4.69, 9.17) is 9.47 Å². The highest BCUT2D eigenvalue weighted by Crippen LogP contribution is 2.33. The zero-order chi connectivity index (χ0) is 19.0. The fourth-order valence-electron chi connectivity index (χ4n) is 4.47. The number of hydrogen-bond acceptors (Lipinski definition) is 5. The summed E-state index contributed by atoms with van der Waals surface area (Å²) in [6, 6.07) is 6.33. The molecule has 0 radical (unpaired) electrons. The van der Waals surface area contributed by atoms with Gasteiger partial charge in [-0.15, -0.1) is 12.4 Å². The predicted molar refractivity (Wildman–Crippen MR) is 108 cm³/mol. The van der Waals surface area contributed by atoms with Crippen LogP contribution < -0.4 is 19.7 Å². The molecule has 7 nitrogen and oxygen atoms in total. The molecule has 0 spiro atoms. The summed E-state index contributed by atoms with van der Waals surface area (Å²) < 4.78 is 10.6. The lowest BCUT2D eigenvalue weighted by Gasteiger charge is -2.27. The SMILES string of the molecule is COc1cc(OC)cc(N2CC(C(=O)N3CCC4CCC(C3)N4)CC2=O)c1.Cl. The molecule has 3 heterocycles. The van der Waals surface area contributed by atoms with Gasteiger partial charge >= 0.3 is 0 Å². The summed E-state index contributed by atoms with van der Waals surface area (Å²) in [4.78, 5) is 29.3. The molecule has 3 aliphatic heterocycles. The predicted octanol–water partition coefficient (Wildman–Crippen LogP) is 1.83. The van der Waals surface area contributed by atoms with Crippen molar-refractivity contribution in [1.82, 2.24) is 10.2 Å². The summed E-state index contributed by atoms with van der Waals surface area (Å²) >= 11 is 0. The van der Waals surface area contributed by atoms with Gasteiger partial charge in [0.2, 0.25) is 11.8 Å². The molecule has 1 aromatic rings. The summed E-state index contributed by atoms with van der Waals surface area (Å²) in [7, 11) is 3.16. The third-order valence-electron chi connectivity index (χ3n) is 5.96. The summed E-state index contributed by atoms with van der Waals surface area (Å²) in [5.41, 5.74) is 0.711. The van der Waals surface area contributed by atoms with Gasteiger partial charge in [-0.25, -0.2) is 0 Å². The third kappa shape index (κ3) is 4.05. The molecular weight excluding hydrogens is 382 g/mol. The number of hydrogen-bond donors (Lipinski definition) is 1. The van der Waals surface area contributed by atoms with E-state index in [0.717, 1.165) is 25.9 Å². The lowest BCUT2D eigenvalue weighted by molar-refractivity contribution is -0.136. The Kier molecular flexibility index (Phi) is 6.35. The molecule has 0 aliphatic carbocycles. The molecule has 28 heavy (non-hydrogen) atoms. The first-order chi connectivity index (χ1) is 13.1. The minimum atomic E-state index is -0.286. The van der Waals surface area contributed by atoms with Gasteiger partial charge in [0, 0.05) is 56.3 Å². The first-order valence-electron chi connectivity index (χ1n) is 9.65. The van der Waals surface area contributed by atoms with Crippen molar-refractivity contribution in [3.05, 3.63) is 18.2 Å². The van der Waals surface area contributed by atoms with E-state index in [2.05, 4.69) is 5.32 Å². The van der Waals surface area contributed by atoms with Gasteiger partial charge in [0.15, 0.2) is 0 Å². The van der Waals surface area contributed by atoms with Gasteiger partial charge in [-0.2, -0.15) is 0 Å². The van der Waals surface area contributed by atoms with Crippen LogP contribution in [0.2, 0.25) is 0 Å². The second kappa shape index (κ2) is 8.57. The number of nitrogens with zero attached hydrogens (tertiary/aromatic N) is 2. The van der Waals surface area contributed by atoms with E-state index in [9.17, 15) is 9.59 Å². The summed E-state index contributed by atoms with van der Waals surface area (Å²) in [6.45, 7) is 1.95. The molecule has 154 valence electrons. The third-order valence-corrected chi connectivity index (χ3v) is 5.96. The van der Waals surface area contributed by atoms with Gasteiger partial charge in [0.1, 0.15) is 11.5 Å². The highest BCUT2D eigenvalue weighted by Gasteiger charge is 2.39. The summed E-state index contributed by atoms with van der Waals surface area (Å²) in [6.07, 6.45) is 3.60. The van der Waals surface area contributed by atoms with Gasteiger partial charge in [0.25, 0.3) is 0 Å². The zero-order valence-electron chi connectivity index (χ0n) is 16.3. The Balaban J connectivity index is 0.00000225. The van der Waals surface area contributed by atoms with Crippen LogP contribution in [0.4, 0.5) is 5.69 Å². The normalized spacial score (nSPS) is 26.6. The molecule has 2 amide bonds. The van der Waals surface area contributed by atoms with Crippen LogP contribution >= 0.6 is 12.4 Å². The number of fused-ring (bicyclic) bond motifs is 2. The quantitative estimate of drug-likeness (QED) is 0.821. The van der Waals surface area contributed by atoms with Crippen molar-refractivity contribution in [3.63, 3.8) is 0 Å². The molecule has 2 bridgehead atoms. The number of halogens is 1. The van der Waals surface area contributed by atoms with Crippen molar-refractivity contribution in [2.45, 2.75) is 37.8 Å². The second-order valence-corrected chi connectivity index (χ2v) is 7.69. The smallest absolute Gasteiger partial charge is 0.228 e. The van der Waals surface area contributed by atoms with Crippen molar-refractivity contribution < 1.29 is 19.1 Å². The number of anilines is 1. The molecule has 3 aliphatic rings. The minimum Gasteiger partial charge on any atom is -0.497 e. The van der Waals surface area contributed by atoms with Gasteiger partial charge in [0.05, 0.1) is 25.8 Å². The van der Waals surface area contributed by atoms with Crippen LogP contribution in [0, 0.1) is 5.92 Å². The van der Waals surface area contributed by atoms with Crippen LogP contribution in [0.1, 0.15) is 25.7 Å². The van der Waals surface area contributed by atoms with Crippen LogP contribution in [0.3, 0.4) is 0 Å². The Hall–Kier alpha value is -1.99. The molecule has 3 fully saturated rings. The van der Waals surface area contributed by atoms with Crippen molar-refractivity contribution >= 4 is 29.9 Å². The van der Waals surface area contributed by atoms with Crippen LogP contribution in [-0.4, -0.2) is 62.7 Å². The maximum absolute atomic E-state index is 13.1. The Morgan fingerprint density at radius 1 is 1.04 bits per heavy atom. The highest BCUT2D eigenvalue weighted by atomic mass is 35.5. The molecule has 3 unspecified atom stereocenters. The number of carbonyl (C=O) groups is 2. The number of carbonyl (C=O) groups excluding carboxylic acids is 2. The fourth-order valence-corrected chi connectivity index (χ4v) is 4.47. The van der Waals surface area contributed by atoms with Gasteiger partial charge in [-0.1, -0.05) is 0 Å². The van der Waals surface area contributed by atoms with Crippen LogP contribution in [0.5, 0.6) is 11.5 Å². The van der Waals surface area contributed by atoms with Gasteiger partial charge < -0.3 is 24.6 Å². The minimum absolute atomic E-state index is 0. The van der Waals surface area contributed by atoms with E-state index in [1.165, 1.54) is 6.42 Å². The van der Waals surface area contributed by atoms with Crippen molar-refractivity contribution in [3.8, 4) is 11.5 Å². The zero-order valence-corrected chi connectivity index (χ0v) is 17.2. The van der Waals surface area contributed by atoms with E-state index in [1.54, 1.807) is 25.2 Å². The Morgan fingerprint density at radius 2 is 1.71 bits per heavy atom. The largest absolute Gasteiger partial charge is 0.497 e. The van der Waals surface area contributed by atoms with Crippen LogP contribution in [0.15, 0.2) is 18.2 Å². The fraction of sp³-hybridized carbons (Fsp3) is 0.600. The number of rotatable bonds is 4. The molecule has 3 atom stereocenters. The topological polar surface area (TPSA) is 71.1 Å². The maximum atomic E-state index is 13.1. The molecule has 0 aromatic heterocycles. The van der Waals surface area contributed by atoms with E-state index in [-0.39, 0.29) is 36.6 Å². The number of ether oxygens (including phenoxy) is 2. The number of methoxy groups -OCH3 is 2. The van der Waals surface area contributed by atoms with Gasteiger partial charge in [-0.05, 0) is 19.3 Å². The standard InChI is InChI=1S/C20H27N3O4.ClH/c1-26-17-8-16(9-18(10-17)27-2)23-11-13(7-19(23)24)20(25)22-6-5-14-3-4-15(12-22)21-14;/h8-10,13-15,21H,3-7,11-12H2,1-2H3;1H. The number of amides is 2.